The van der Waals surface area contributed by atoms with Gasteiger partial charge in [-0.25, -0.2) is 0 Å². The first-order chi connectivity index (χ1) is 16.2. The van der Waals surface area contributed by atoms with Gasteiger partial charge in [0.2, 0.25) is 0 Å². The van der Waals surface area contributed by atoms with Gasteiger partial charge >= 0.3 is 11.9 Å². The van der Waals surface area contributed by atoms with E-state index in [4.69, 9.17) is 13.9 Å². The van der Waals surface area contributed by atoms with E-state index < -0.39 is 19.3 Å². The lowest BCUT2D eigenvalue weighted by Gasteiger charge is -2.39. The minimum Gasteiger partial charge on any atom is -0.466 e. The average molecular weight is 521 g/mol. The van der Waals surface area contributed by atoms with Gasteiger partial charge in [0.1, 0.15) is 5.60 Å². The molecule has 6 heteroatoms. The van der Waals surface area contributed by atoms with Crippen molar-refractivity contribution < 1.29 is 23.5 Å². The lowest BCUT2D eigenvalue weighted by molar-refractivity contribution is -0.162. The molecule has 0 saturated carbocycles. The van der Waals surface area contributed by atoms with Crippen LogP contribution in [0.5, 0.6) is 0 Å². The van der Waals surface area contributed by atoms with E-state index in [0.717, 1.165) is 24.0 Å². The first-order valence-electron chi connectivity index (χ1n) is 13.3. The van der Waals surface area contributed by atoms with E-state index in [9.17, 15) is 9.59 Å². The fourth-order valence-corrected chi connectivity index (χ4v) is 4.93. The molecule has 0 aliphatic rings. The molecule has 0 spiro atoms. The van der Waals surface area contributed by atoms with Gasteiger partial charge in [-0.15, -0.1) is 0 Å². The summed E-state index contributed by atoms with van der Waals surface area (Å²) in [5, 5.41) is 0.174. The summed E-state index contributed by atoms with van der Waals surface area (Å²) < 4.78 is 17.5. The molecule has 206 valence electrons. The Balaban J connectivity index is 3.08. The van der Waals surface area contributed by atoms with Crippen LogP contribution in [0.4, 0.5) is 0 Å². The quantitative estimate of drug-likeness (QED) is 0.210. The van der Waals surface area contributed by atoms with Gasteiger partial charge < -0.3 is 13.9 Å². The highest BCUT2D eigenvalue weighted by Crippen LogP contribution is 2.39. The Morgan fingerprint density at radius 3 is 2.06 bits per heavy atom. The monoisotopic (exact) mass is 520 g/mol. The van der Waals surface area contributed by atoms with Gasteiger partial charge in [-0.2, -0.15) is 0 Å². The average Bonchev–Trinajstić information content (AvgIpc) is 2.70. The number of ether oxygens (including phenoxy) is 2. The highest BCUT2D eigenvalue weighted by molar-refractivity contribution is 6.74. The SMILES string of the molecule is CCOC(=O)Cc1cccc(C(C)(CCCC(C)(C)CO[Si](C)(C)C(C)(C)C)C(=O)OC(C)(C)C)c1. The van der Waals surface area contributed by atoms with Gasteiger partial charge in [-0.05, 0) is 82.1 Å². The zero-order valence-electron chi connectivity index (χ0n) is 25.1. The van der Waals surface area contributed by atoms with E-state index in [2.05, 4.69) is 47.7 Å². The van der Waals surface area contributed by atoms with Crippen LogP contribution in [-0.2, 0) is 35.3 Å². The van der Waals surface area contributed by atoms with Crippen LogP contribution in [0, 0.1) is 5.41 Å². The number of benzene rings is 1. The Hall–Kier alpha value is -1.66. The van der Waals surface area contributed by atoms with Crippen molar-refractivity contribution in [2.45, 2.75) is 124 Å². The van der Waals surface area contributed by atoms with Crippen molar-refractivity contribution in [1.82, 2.24) is 0 Å². The summed E-state index contributed by atoms with van der Waals surface area (Å²) in [4.78, 5) is 25.6. The third-order valence-electron chi connectivity index (χ3n) is 7.23. The van der Waals surface area contributed by atoms with Gasteiger partial charge in [-0.3, -0.25) is 9.59 Å². The van der Waals surface area contributed by atoms with Gasteiger partial charge in [0.15, 0.2) is 8.32 Å². The normalized spacial score (nSPS) is 14.8. The minimum absolute atomic E-state index is 0.00385. The van der Waals surface area contributed by atoms with E-state index >= 15 is 0 Å². The number of esters is 2. The molecule has 1 rings (SSSR count). The molecule has 1 atom stereocenters. The van der Waals surface area contributed by atoms with Crippen LogP contribution in [-0.4, -0.2) is 39.1 Å². The molecule has 0 aromatic heterocycles. The van der Waals surface area contributed by atoms with Crippen LogP contribution in [0.15, 0.2) is 24.3 Å². The van der Waals surface area contributed by atoms with Crippen molar-refractivity contribution in [3.8, 4) is 0 Å². The second-order valence-electron chi connectivity index (χ2n) is 13.6. The zero-order valence-corrected chi connectivity index (χ0v) is 26.1. The predicted molar refractivity (Wildman–Crippen MR) is 151 cm³/mol. The summed E-state index contributed by atoms with van der Waals surface area (Å²) in [5.74, 6) is -0.504. The van der Waals surface area contributed by atoms with E-state index in [1.54, 1.807) is 6.92 Å². The summed E-state index contributed by atoms with van der Waals surface area (Å²) in [6, 6.07) is 7.72. The molecule has 0 aliphatic carbocycles. The second-order valence-corrected chi connectivity index (χ2v) is 18.4. The smallest absolute Gasteiger partial charge is 0.316 e. The topological polar surface area (TPSA) is 61.8 Å². The molecule has 0 amide bonds. The van der Waals surface area contributed by atoms with Crippen molar-refractivity contribution in [3.63, 3.8) is 0 Å². The molecular weight excluding hydrogens is 468 g/mol. The molecule has 1 unspecified atom stereocenters. The molecule has 36 heavy (non-hydrogen) atoms. The summed E-state index contributed by atoms with van der Waals surface area (Å²) >= 11 is 0. The third kappa shape index (κ3) is 10.0. The zero-order chi connectivity index (χ0) is 28.0. The Labute approximate surface area is 221 Å². The van der Waals surface area contributed by atoms with E-state index in [1.165, 1.54) is 0 Å². The fourth-order valence-electron chi connectivity index (χ4n) is 3.74. The summed E-state index contributed by atoms with van der Waals surface area (Å²) in [6.45, 7) is 26.3. The van der Waals surface area contributed by atoms with Crippen LogP contribution in [0.1, 0.15) is 99.6 Å². The van der Waals surface area contributed by atoms with Gasteiger partial charge in [0.25, 0.3) is 0 Å². The van der Waals surface area contributed by atoms with Crippen LogP contribution >= 0.6 is 0 Å². The fraction of sp³-hybridized carbons (Fsp3) is 0.733. The highest BCUT2D eigenvalue weighted by Gasteiger charge is 2.40. The molecular formula is C30H52O5Si. The number of hydrogen-bond donors (Lipinski definition) is 0. The Morgan fingerprint density at radius 2 is 1.53 bits per heavy atom. The third-order valence-corrected chi connectivity index (χ3v) is 11.7. The summed E-state index contributed by atoms with van der Waals surface area (Å²) in [6.07, 6.45) is 2.62. The van der Waals surface area contributed by atoms with E-state index in [0.29, 0.717) is 19.6 Å². The van der Waals surface area contributed by atoms with Crippen LogP contribution in [0.25, 0.3) is 0 Å². The summed E-state index contributed by atoms with van der Waals surface area (Å²) in [7, 11) is -1.83. The predicted octanol–water partition coefficient (Wildman–Crippen LogP) is 7.61. The maximum Gasteiger partial charge on any atom is 0.316 e. The van der Waals surface area contributed by atoms with Gasteiger partial charge in [0, 0.05) is 6.61 Å². The number of carbonyl (C=O) groups excluding carboxylic acids is 2. The van der Waals surface area contributed by atoms with Gasteiger partial charge in [-0.1, -0.05) is 65.3 Å². The first kappa shape index (κ1) is 32.4. The van der Waals surface area contributed by atoms with Crippen molar-refractivity contribution in [2.24, 2.45) is 5.41 Å². The number of rotatable bonds is 12. The standard InChI is InChI=1S/C30H52O5Si/c1-13-33-25(31)21-23-16-14-17-24(20-23)30(10,26(32)35-27(2,3)4)19-15-18-29(8,9)22-34-36(11,12)28(5,6)7/h14,16-17,20H,13,15,18-19,21-22H2,1-12H3. The maximum atomic E-state index is 13.5. The van der Waals surface area contributed by atoms with Crippen molar-refractivity contribution in [3.05, 3.63) is 35.4 Å². The molecule has 0 saturated heterocycles. The van der Waals surface area contributed by atoms with Crippen LogP contribution < -0.4 is 0 Å². The molecule has 1 aromatic rings. The highest BCUT2D eigenvalue weighted by atomic mass is 28.4. The Bertz CT molecular complexity index is 876. The minimum atomic E-state index is -1.83. The summed E-state index contributed by atoms with van der Waals surface area (Å²) in [5.41, 5.74) is 0.291. The Kier molecular flexibility index (Phi) is 11.0. The van der Waals surface area contributed by atoms with Crippen molar-refractivity contribution in [1.29, 1.82) is 0 Å². The molecule has 0 bridgehead atoms. The van der Waals surface area contributed by atoms with Crippen LogP contribution in [0.3, 0.4) is 0 Å². The molecule has 0 fully saturated rings. The lowest BCUT2D eigenvalue weighted by Crippen LogP contribution is -2.43. The maximum absolute atomic E-state index is 13.5. The molecule has 5 nitrogen and oxygen atoms in total. The van der Waals surface area contributed by atoms with Crippen molar-refractivity contribution in [2.75, 3.05) is 13.2 Å². The van der Waals surface area contributed by atoms with Crippen LogP contribution in [0.2, 0.25) is 18.1 Å². The first-order valence-corrected chi connectivity index (χ1v) is 16.3. The van der Waals surface area contributed by atoms with Crippen molar-refractivity contribution >= 4 is 20.3 Å². The number of hydrogen-bond acceptors (Lipinski definition) is 5. The van der Waals surface area contributed by atoms with E-state index in [1.807, 2.05) is 52.0 Å². The largest absolute Gasteiger partial charge is 0.466 e. The molecule has 1 aromatic carbocycles. The molecule has 0 heterocycles. The number of carbonyl (C=O) groups is 2. The second kappa shape index (κ2) is 12.3. The molecule has 0 radical (unpaired) electrons. The lowest BCUT2D eigenvalue weighted by atomic mass is 9.75. The molecule has 0 aliphatic heterocycles. The van der Waals surface area contributed by atoms with Gasteiger partial charge in [0.05, 0.1) is 18.4 Å². The Morgan fingerprint density at radius 1 is 0.917 bits per heavy atom. The molecule has 0 N–H and O–H groups in total. The van der Waals surface area contributed by atoms with E-state index in [-0.39, 0.29) is 28.8 Å².